The molecule has 0 fully saturated rings. The second-order valence-electron chi connectivity index (χ2n) is 7.41. The molecule has 0 atom stereocenters. The van der Waals surface area contributed by atoms with Crippen LogP contribution in [0.25, 0.3) is 33.7 Å². The van der Waals surface area contributed by atoms with Gasteiger partial charge >= 0.3 is 0 Å². The normalized spacial score (nSPS) is 12.0. The zero-order valence-electron chi connectivity index (χ0n) is 17.7. The average Bonchev–Trinajstić information content (AvgIpc) is 3.41. The topological polar surface area (TPSA) is 115 Å². The molecule has 0 amide bonds. The molecule has 0 saturated carbocycles. The molecule has 2 N–H and O–H groups in total. The fourth-order valence-electron chi connectivity index (χ4n) is 3.57. The van der Waals surface area contributed by atoms with Gasteiger partial charge in [-0.3, -0.25) is 0 Å². The highest BCUT2D eigenvalue weighted by Gasteiger charge is 2.19. The molecule has 0 spiro atoms. The van der Waals surface area contributed by atoms with E-state index in [1.54, 1.807) is 31.6 Å². The molecule has 0 radical (unpaired) electrons. The molecule has 11 heteroatoms. The average molecular weight is 466 g/mol. The van der Waals surface area contributed by atoms with Gasteiger partial charge in [0.25, 0.3) is 5.71 Å². The minimum absolute atomic E-state index is 0.00869. The summed E-state index contributed by atoms with van der Waals surface area (Å²) in [5.74, 6) is 0.445. The van der Waals surface area contributed by atoms with E-state index in [2.05, 4.69) is 25.0 Å². The molecule has 5 aromatic rings. The first kappa shape index (κ1) is 21.0. The number of aromatic nitrogens is 4. The predicted molar refractivity (Wildman–Crippen MR) is 121 cm³/mol. The van der Waals surface area contributed by atoms with Gasteiger partial charge in [-0.1, -0.05) is 12.1 Å². The van der Waals surface area contributed by atoms with Crippen LogP contribution < -0.4 is 10.0 Å². The Bertz CT molecular complexity index is 1590. The van der Waals surface area contributed by atoms with E-state index in [0.29, 0.717) is 39.6 Å². The number of anilines is 1. The summed E-state index contributed by atoms with van der Waals surface area (Å²) in [5.41, 5.74) is 3.82. The first-order valence-electron chi connectivity index (χ1n) is 9.99. The minimum Gasteiger partial charge on any atom is -0.418 e. The van der Waals surface area contributed by atoms with Crippen LogP contribution in [0.4, 0.5) is 10.2 Å². The highest BCUT2D eigenvalue weighted by Crippen LogP contribution is 2.31. The van der Waals surface area contributed by atoms with E-state index in [0.717, 1.165) is 17.6 Å². The molecule has 0 aliphatic heterocycles. The third kappa shape index (κ3) is 3.81. The molecule has 3 heterocycles. The Morgan fingerprint density at radius 3 is 2.64 bits per heavy atom. The number of oxazole rings is 1. The Hall–Kier alpha value is -3.83. The lowest BCUT2D eigenvalue weighted by atomic mass is 10.1. The highest BCUT2D eigenvalue weighted by atomic mass is 32.2. The summed E-state index contributed by atoms with van der Waals surface area (Å²) < 4.78 is 48.4. The Morgan fingerprint density at radius 2 is 1.88 bits per heavy atom. The van der Waals surface area contributed by atoms with Crippen molar-refractivity contribution in [3.8, 4) is 11.5 Å². The van der Waals surface area contributed by atoms with Crippen LogP contribution in [0.15, 0.2) is 64.2 Å². The van der Waals surface area contributed by atoms with Crippen LogP contribution in [0.2, 0.25) is 0 Å². The molecule has 33 heavy (non-hydrogen) atoms. The maximum absolute atomic E-state index is 13.1. The summed E-state index contributed by atoms with van der Waals surface area (Å²) in [6, 6.07) is 11.8. The number of sulfonamides is 1. The van der Waals surface area contributed by atoms with Crippen LogP contribution >= 0.6 is 0 Å². The lowest BCUT2D eigenvalue weighted by Crippen LogP contribution is -2.23. The number of rotatable bonds is 6. The number of aryl methyl sites for hydroxylation is 1. The summed E-state index contributed by atoms with van der Waals surface area (Å²) in [6.07, 6.45) is 1.69. The molecular weight excluding hydrogens is 447 g/mol. The van der Waals surface area contributed by atoms with Crippen LogP contribution in [0.5, 0.6) is 0 Å². The molecule has 168 valence electrons. The van der Waals surface area contributed by atoms with Crippen molar-refractivity contribution in [1.29, 1.82) is 0 Å². The van der Waals surface area contributed by atoms with E-state index in [-0.39, 0.29) is 11.4 Å². The van der Waals surface area contributed by atoms with Gasteiger partial charge in [0.05, 0.1) is 11.2 Å². The molecule has 9 nitrogen and oxygen atoms in total. The van der Waals surface area contributed by atoms with Crippen molar-refractivity contribution in [3.63, 3.8) is 0 Å². The van der Waals surface area contributed by atoms with Crippen LogP contribution in [0.1, 0.15) is 5.56 Å². The van der Waals surface area contributed by atoms with Gasteiger partial charge in [-0.2, -0.15) is 4.98 Å². The summed E-state index contributed by atoms with van der Waals surface area (Å²) in [5, 5.41) is 3.02. The molecule has 0 unspecified atom stereocenters. The minimum atomic E-state index is -3.79. The van der Waals surface area contributed by atoms with Gasteiger partial charge in [0.15, 0.2) is 11.3 Å². The number of fused-ring (bicyclic) bond motifs is 3. The fourth-order valence-corrected chi connectivity index (χ4v) is 4.58. The van der Waals surface area contributed by atoms with Gasteiger partial charge in [-0.25, -0.2) is 27.5 Å². The first-order valence-corrected chi connectivity index (χ1v) is 11.5. The number of halogens is 1. The zero-order chi connectivity index (χ0) is 23.2. The lowest BCUT2D eigenvalue weighted by molar-refractivity contribution is 0.580. The number of pyridine rings is 1. The van der Waals surface area contributed by atoms with Crippen molar-refractivity contribution < 1.29 is 17.2 Å². The van der Waals surface area contributed by atoms with Gasteiger partial charge in [0.2, 0.25) is 15.9 Å². The number of hydrogen-bond acceptors (Lipinski definition) is 7. The van der Waals surface area contributed by atoms with E-state index in [4.69, 9.17) is 4.42 Å². The number of hydrogen-bond donors (Lipinski definition) is 2. The van der Waals surface area contributed by atoms with Crippen LogP contribution in [-0.2, 0) is 23.6 Å². The maximum Gasteiger partial charge on any atom is 0.251 e. The second-order valence-corrected chi connectivity index (χ2v) is 9.18. The van der Waals surface area contributed by atoms with Crippen molar-refractivity contribution in [2.24, 2.45) is 7.05 Å². The smallest absolute Gasteiger partial charge is 0.251 e. The summed E-state index contributed by atoms with van der Waals surface area (Å²) in [7, 11) is -0.155. The van der Waals surface area contributed by atoms with Gasteiger partial charge in [0, 0.05) is 26.2 Å². The molecule has 3 aromatic heterocycles. The Kier molecular flexibility index (Phi) is 5.06. The van der Waals surface area contributed by atoms with Crippen molar-refractivity contribution in [1.82, 2.24) is 24.2 Å². The van der Waals surface area contributed by atoms with E-state index >= 15 is 0 Å². The molecule has 0 aliphatic carbocycles. The molecule has 5 rings (SSSR count). The van der Waals surface area contributed by atoms with Crippen molar-refractivity contribution in [2.75, 3.05) is 12.4 Å². The SMILES string of the molecule is CNc1nc2oc(-c3cccc(CNS(=O)(=O)c4ccc(F)cc4)c3)nc2c2c1ncn2C. The van der Waals surface area contributed by atoms with Crippen molar-refractivity contribution >= 4 is 38.1 Å². The standard InChI is InChI=1S/C22H19FN6O3S/c1-24-20-17-19(29(2)12-25-17)18-22(28-20)32-21(27-18)14-5-3-4-13(10-14)11-26-33(30,31)16-8-6-15(23)7-9-16/h3-10,12,26H,11H2,1-2H3,(H,24,28). The summed E-state index contributed by atoms with van der Waals surface area (Å²) in [6.45, 7) is 0.0436. The van der Waals surface area contributed by atoms with E-state index < -0.39 is 15.8 Å². The lowest BCUT2D eigenvalue weighted by Gasteiger charge is -2.07. The molecule has 0 aliphatic rings. The predicted octanol–water partition coefficient (Wildman–Crippen LogP) is 3.44. The first-order chi connectivity index (χ1) is 15.9. The third-order valence-electron chi connectivity index (χ3n) is 5.21. The highest BCUT2D eigenvalue weighted by molar-refractivity contribution is 7.89. The monoisotopic (exact) mass is 466 g/mol. The van der Waals surface area contributed by atoms with Crippen molar-refractivity contribution in [3.05, 3.63) is 66.2 Å². The van der Waals surface area contributed by atoms with E-state index in [9.17, 15) is 12.8 Å². The van der Waals surface area contributed by atoms with Gasteiger partial charge < -0.3 is 14.3 Å². The van der Waals surface area contributed by atoms with Gasteiger partial charge in [0.1, 0.15) is 16.9 Å². The molecular formula is C22H19FN6O3S. The van der Waals surface area contributed by atoms with Gasteiger partial charge in [-0.15, -0.1) is 0 Å². The molecule has 0 bridgehead atoms. The molecule has 0 saturated heterocycles. The zero-order valence-corrected chi connectivity index (χ0v) is 18.5. The van der Waals surface area contributed by atoms with E-state index in [1.807, 2.05) is 17.7 Å². The Morgan fingerprint density at radius 1 is 1.09 bits per heavy atom. The Balaban J connectivity index is 1.46. The fraction of sp³-hybridized carbons (Fsp3) is 0.136. The number of nitrogens with zero attached hydrogens (tertiary/aromatic N) is 4. The quantitative estimate of drug-likeness (QED) is 0.394. The third-order valence-corrected chi connectivity index (χ3v) is 6.63. The van der Waals surface area contributed by atoms with Gasteiger partial charge in [-0.05, 0) is 42.0 Å². The summed E-state index contributed by atoms with van der Waals surface area (Å²) in [4.78, 5) is 13.5. The maximum atomic E-state index is 13.1. The van der Waals surface area contributed by atoms with Crippen LogP contribution in [0, 0.1) is 5.82 Å². The Labute approximate surface area is 188 Å². The van der Waals surface area contributed by atoms with E-state index in [1.165, 1.54) is 12.1 Å². The summed E-state index contributed by atoms with van der Waals surface area (Å²) >= 11 is 0. The number of benzene rings is 2. The van der Waals surface area contributed by atoms with Crippen molar-refractivity contribution in [2.45, 2.75) is 11.4 Å². The number of imidazole rings is 1. The largest absolute Gasteiger partial charge is 0.418 e. The second kappa shape index (κ2) is 7.94. The van der Waals surface area contributed by atoms with Crippen LogP contribution in [0.3, 0.4) is 0 Å². The molecule has 2 aromatic carbocycles. The van der Waals surface area contributed by atoms with Crippen LogP contribution in [-0.4, -0.2) is 35.0 Å². The number of nitrogens with one attached hydrogen (secondary N) is 2.